The van der Waals surface area contributed by atoms with Crippen molar-refractivity contribution in [1.29, 1.82) is 0 Å². The smallest absolute Gasteiger partial charge is 0.250 e. The summed E-state index contributed by atoms with van der Waals surface area (Å²) in [5.41, 5.74) is -0.791. The summed E-state index contributed by atoms with van der Waals surface area (Å²) in [7, 11) is 0. The first-order chi connectivity index (χ1) is 16.8. The van der Waals surface area contributed by atoms with Gasteiger partial charge in [0.1, 0.15) is 11.6 Å². The summed E-state index contributed by atoms with van der Waals surface area (Å²) < 4.78 is 6.55. The van der Waals surface area contributed by atoms with Crippen molar-refractivity contribution in [3.05, 3.63) is 59.6 Å². The van der Waals surface area contributed by atoms with Crippen LogP contribution in [0.15, 0.2) is 54.6 Å². The lowest BCUT2D eigenvalue weighted by Crippen LogP contribution is -2.53. The number of benzene rings is 2. The van der Waals surface area contributed by atoms with Crippen molar-refractivity contribution in [1.82, 2.24) is 4.90 Å². The van der Waals surface area contributed by atoms with Gasteiger partial charge in [-0.3, -0.25) is 14.4 Å². The Labute approximate surface area is 208 Å². The number of hydrogen-bond donors (Lipinski definition) is 3. The second kappa shape index (κ2) is 8.93. The molecule has 2 bridgehead atoms. The van der Waals surface area contributed by atoms with Crippen LogP contribution in [0.5, 0.6) is 0 Å². The third-order valence-electron chi connectivity index (χ3n) is 7.52. The topological polar surface area (TPSA) is 108 Å². The van der Waals surface area contributed by atoms with Crippen LogP contribution >= 0.6 is 11.6 Å². The third kappa shape index (κ3) is 3.90. The van der Waals surface area contributed by atoms with Gasteiger partial charge in [0.25, 0.3) is 0 Å². The summed E-state index contributed by atoms with van der Waals surface area (Å²) in [6.45, 7) is 1.93. The molecule has 9 heteroatoms. The molecule has 3 heterocycles. The van der Waals surface area contributed by atoms with E-state index in [9.17, 15) is 19.5 Å². The van der Waals surface area contributed by atoms with E-state index >= 15 is 0 Å². The number of carbonyl (C=O) groups excluding carboxylic acids is 3. The van der Waals surface area contributed by atoms with E-state index in [1.807, 2.05) is 25.1 Å². The minimum Gasteiger partial charge on any atom is -0.396 e. The van der Waals surface area contributed by atoms with Crippen molar-refractivity contribution in [3.63, 3.8) is 0 Å². The molecule has 0 radical (unpaired) electrons. The number of amides is 3. The SMILES string of the molecule is C[C@]12CCC3(O1)C(C(=O)Nc1ccc(Cl)cc1)N(CCCO)C(=O)[C@@H]3[C@H]2C(=O)Nc1ccccc1. The molecule has 0 saturated carbocycles. The second-order valence-electron chi connectivity index (χ2n) is 9.69. The van der Waals surface area contributed by atoms with Gasteiger partial charge in [-0.2, -0.15) is 0 Å². The van der Waals surface area contributed by atoms with Crippen molar-refractivity contribution in [2.45, 2.75) is 43.4 Å². The monoisotopic (exact) mass is 497 g/mol. The number of nitrogens with zero attached hydrogens (tertiary/aromatic N) is 1. The molecule has 184 valence electrons. The molecule has 2 aromatic carbocycles. The molecule has 2 aromatic rings. The molecule has 3 fully saturated rings. The number of nitrogens with one attached hydrogen (secondary N) is 2. The summed E-state index contributed by atoms with van der Waals surface area (Å²) in [5, 5.41) is 15.8. The zero-order chi connectivity index (χ0) is 24.8. The van der Waals surface area contributed by atoms with Crippen molar-refractivity contribution in [2.24, 2.45) is 11.8 Å². The molecule has 0 aromatic heterocycles. The molecule has 5 atom stereocenters. The Morgan fingerprint density at radius 2 is 1.71 bits per heavy atom. The van der Waals surface area contributed by atoms with Crippen LogP contribution in [-0.4, -0.2) is 58.1 Å². The van der Waals surface area contributed by atoms with Crippen molar-refractivity contribution >= 4 is 40.7 Å². The Morgan fingerprint density at radius 1 is 1.06 bits per heavy atom. The van der Waals surface area contributed by atoms with Crippen LogP contribution < -0.4 is 10.6 Å². The normalized spacial score (nSPS) is 30.9. The van der Waals surface area contributed by atoms with E-state index in [0.717, 1.165) is 0 Å². The van der Waals surface area contributed by atoms with Gasteiger partial charge in [0, 0.05) is 29.5 Å². The fourth-order valence-electron chi connectivity index (χ4n) is 6.09. The number of hydrogen-bond acceptors (Lipinski definition) is 5. The summed E-state index contributed by atoms with van der Waals surface area (Å²) >= 11 is 5.97. The van der Waals surface area contributed by atoms with Gasteiger partial charge >= 0.3 is 0 Å². The Balaban J connectivity index is 1.48. The number of anilines is 2. The number of rotatable bonds is 7. The molecule has 3 aliphatic rings. The van der Waals surface area contributed by atoms with Gasteiger partial charge in [-0.05, 0) is 62.6 Å². The highest BCUT2D eigenvalue weighted by Crippen LogP contribution is 2.63. The molecular weight excluding hydrogens is 470 g/mol. The first-order valence-corrected chi connectivity index (χ1v) is 12.2. The maximum atomic E-state index is 13.8. The quantitative estimate of drug-likeness (QED) is 0.545. The van der Waals surface area contributed by atoms with Crippen LogP contribution in [0.4, 0.5) is 11.4 Å². The molecular formula is C26H28ClN3O5. The van der Waals surface area contributed by atoms with Crippen molar-refractivity contribution < 1.29 is 24.2 Å². The van der Waals surface area contributed by atoms with Crippen molar-refractivity contribution in [3.8, 4) is 0 Å². The number of likely N-dealkylation sites (tertiary alicyclic amines) is 1. The maximum absolute atomic E-state index is 13.8. The van der Waals surface area contributed by atoms with Gasteiger partial charge in [-0.15, -0.1) is 0 Å². The van der Waals surface area contributed by atoms with E-state index in [0.29, 0.717) is 35.7 Å². The van der Waals surface area contributed by atoms with Crippen LogP contribution in [0.1, 0.15) is 26.2 Å². The number of fused-ring (bicyclic) bond motifs is 1. The summed E-state index contributed by atoms with van der Waals surface area (Å²) in [6, 6.07) is 14.9. The zero-order valence-electron chi connectivity index (χ0n) is 19.4. The number of aliphatic hydroxyl groups excluding tert-OH is 1. The van der Waals surface area contributed by atoms with E-state index < -0.39 is 29.1 Å². The summed E-state index contributed by atoms with van der Waals surface area (Å²) in [5.74, 6) is -2.49. The molecule has 8 nitrogen and oxygen atoms in total. The molecule has 0 aliphatic carbocycles. The largest absolute Gasteiger partial charge is 0.396 e. The second-order valence-corrected chi connectivity index (χ2v) is 10.1. The lowest BCUT2D eigenvalue weighted by atomic mass is 9.66. The first kappa shape index (κ1) is 23.8. The number of carbonyl (C=O) groups is 3. The van der Waals surface area contributed by atoms with Crippen LogP contribution in [-0.2, 0) is 19.1 Å². The summed E-state index contributed by atoms with van der Waals surface area (Å²) in [4.78, 5) is 42.4. The minimum atomic E-state index is -1.11. The number of para-hydroxylation sites is 1. The fourth-order valence-corrected chi connectivity index (χ4v) is 6.22. The van der Waals surface area contributed by atoms with E-state index in [4.69, 9.17) is 16.3 Å². The van der Waals surface area contributed by atoms with Gasteiger partial charge in [0.2, 0.25) is 17.7 Å². The molecule has 5 rings (SSSR count). The molecule has 3 amide bonds. The standard InChI is InChI=1S/C26H28ClN3O5/c1-25-12-13-26(35-25)20(19(25)22(32)28-17-6-3-2-4-7-17)24(34)30(14-5-15-31)21(26)23(33)29-18-10-8-16(27)9-11-18/h2-4,6-11,19-21,31H,5,12-15H2,1H3,(H,28,32)(H,29,33)/t19-,20-,21?,25+,26?/m0/s1. The highest BCUT2D eigenvalue weighted by Gasteiger charge is 2.77. The van der Waals surface area contributed by atoms with Crippen LogP contribution in [0.25, 0.3) is 0 Å². The van der Waals surface area contributed by atoms with E-state index in [2.05, 4.69) is 10.6 Å². The van der Waals surface area contributed by atoms with Crippen LogP contribution in [0.2, 0.25) is 5.02 Å². The Hall–Kier alpha value is -2.94. The third-order valence-corrected chi connectivity index (χ3v) is 7.77. The van der Waals surface area contributed by atoms with E-state index in [1.165, 1.54) is 4.90 Å². The molecule has 3 aliphatic heterocycles. The van der Waals surface area contributed by atoms with Gasteiger partial charge in [0.15, 0.2) is 0 Å². The number of aliphatic hydroxyl groups is 1. The maximum Gasteiger partial charge on any atom is 0.250 e. The van der Waals surface area contributed by atoms with E-state index in [-0.39, 0.29) is 30.9 Å². The van der Waals surface area contributed by atoms with E-state index in [1.54, 1.807) is 36.4 Å². The predicted octanol–water partition coefficient (Wildman–Crippen LogP) is 3.06. The zero-order valence-corrected chi connectivity index (χ0v) is 20.1. The van der Waals surface area contributed by atoms with Crippen LogP contribution in [0, 0.1) is 11.8 Å². The minimum absolute atomic E-state index is 0.122. The predicted molar refractivity (Wildman–Crippen MR) is 131 cm³/mol. The Bertz CT molecular complexity index is 1140. The lowest BCUT2D eigenvalue weighted by Gasteiger charge is -2.33. The molecule has 2 unspecified atom stereocenters. The highest BCUT2D eigenvalue weighted by molar-refractivity contribution is 6.30. The van der Waals surface area contributed by atoms with Gasteiger partial charge in [0.05, 0.1) is 17.4 Å². The lowest BCUT2D eigenvalue weighted by molar-refractivity contribution is -0.143. The fraction of sp³-hybridized carbons (Fsp3) is 0.423. The van der Waals surface area contributed by atoms with Crippen LogP contribution in [0.3, 0.4) is 0 Å². The highest BCUT2D eigenvalue weighted by atomic mass is 35.5. The van der Waals surface area contributed by atoms with Gasteiger partial charge in [-0.1, -0.05) is 29.8 Å². The number of halogens is 1. The average molecular weight is 498 g/mol. The average Bonchev–Trinajstić information content (AvgIpc) is 3.40. The molecule has 3 N–H and O–H groups in total. The summed E-state index contributed by atoms with van der Waals surface area (Å²) in [6.07, 6.45) is 1.36. The van der Waals surface area contributed by atoms with Gasteiger partial charge < -0.3 is 25.4 Å². The molecule has 35 heavy (non-hydrogen) atoms. The Kier molecular flexibility index (Phi) is 6.07. The molecule has 3 saturated heterocycles. The first-order valence-electron chi connectivity index (χ1n) is 11.8. The molecule has 1 spiro atoms. The Morgan fingerprint density at radius 3 is 2.40 bits per heavy atom. The van der Waals surface area contributed by atoms with Crippen molar-refractivity contribution in [2.75, 3.05) is 23.8 Å². The van der Waals surface area contributed by atoms with Gasteiger partial charge in [-0.25, -0.2) is 0 Å². The number of ether oxygens (including phenoxy) is 1.